The molecule has 1 N–H and O–H groups in total. The summed E-state index contributed by atoms with van der Waals surface area (Å²) in [5, 5.41) is 3.53. The van der Waals surface area contributed by atoms with Crippen molar-refractivity contribution in [2.75, 3.05) is 19.8 Å². The van der Waals surface area contributed by atoms with Crippen LogP contribution < -0.4 is 5.32 Å². The van der Waals surface area contributed by atoms with Gasteiger partial charge >= 0.3 is 0 Å². The Balaban J connectivity index is 2.66. The maximum Gasteiger partial charge on any atom is 0.0484 e. The largest absolute Gasteiger partial charge is 0.382 e. The molecule has 0 aliphatic carbocycles. The van der Waals surface area contributed by atoms with E-state index in [9.17, 15) is 0 Å². The van der Waals surface area contributed by atoms with Crippen molar-refractivity contribution in [1.29, 1.82) is 0 Å². The molecule has 0 aliphatic heterocycles. The molecule has 2 heteroatoms. The Hall–Kier alpha value is -0.860. The molecule has 0 fully saturated rings. The van der Waals surface area contributed by atoms with Crippen molar-refractivity contribution < 1.29 is 4.74 Å². The Labute approximate surface area is 112 Å². The van der Waals surface area contributed by atoms with Crippen molar-refractivity contribution in [1.82, 2.24) is 5.32 Å². The third-order valence-corrected chi connectivity index (χ3v) is 3.21. The molecule has 0 radical (unpaired) electrons. The van der Waals surface area contributed by atoms with Crippen LogP contribution in [0, 0.1) is 0 Å². The first-order chi connectivity index (χ1) is 8.69. The van der Waals surface area contributed by atoms with Crippen LogP contribution in [0.1, 0.15) is 57.2 Å². The molecule has 1 aromatic rings. The Bertz CT molecular complexity index is 318. The minimum Gasteiger partial charge on any atom is -0.382 e. The van der Waals surface area contributed by atoms with Gasteiger partial charge in [-0.25, -0.2) is 0 Å². The molecule has 1 rings (SSSR count). The van der Waals surface area contributed by atoms with Crippen LogP contribution in [0.25, 0.3) is 0 Å². The van der Waals surface area contributed by atoms with E-state index in [1.54, 1.807) is 0 Å². The second kappa shape index (κ2) is 8.28. The van der Waals surface area contributed by atoms with Gasteiger partial charge < -0.3 is 10.1 Å². The topological polar surface area (TPSA) is 21.3 Å². The predicted octanol–water partition coefficient (Wildman–Crippen LogP) is 3.89. The van der Waals surface area contributed by atoms with Crippen molar-refractivity contribution >= 4 is 0 Å². The van der Waals surface area contributed by atoms with Crippen molar-refractivity contribution in [3.63, 3.8) is 0 Å². The van der Waals surface area contributed by atoms with E-state index in [4.69, 9.17) is 4.74 Å². The first kappa shape index (κ1) is 15.2. The summed E-state index contributed by atoms with van der Waals surface area (Å²) in [5.74, 6) is 0.597. The van der Waals surface area contributed by atoms with Crippen LogP contribution in [-0.4, -0.2) is 19.8 Å². The molecule has 0 saturated heterocycles. The van der Waals surface area contributed by atoms with E-state index in [0.717, 1.165) is 26.2 Å². The number of ether oxygens (including phenoxy) is 1. The summed E-state index contributed by atoms with van der Waals surface area (Å²) in [6, 6.07) is 9.38. The Morgan fingerprint density at radius 3 is 2.17 bits per heavy atom. The lowest BCUT2D eigenvalue weighted by molar-refractivity contribution is 0.136. The van der Waals surface area contributed by atoms with E-state index in [-0.39, 0.29) is 0 Å². The maximum atomic E-state index is 5.45. The summed E-state index contributed by atoms with van der Waals surface area (Å²) in [4.78, 5) is 0. The number of hydrogen-bond donors (Lipinski definition) is 1. The van der Waals surface area contributed by atoms with Gasteiger partial charge in [-0.3, -0.25) is 0 Å². The molecule has 0 heterocycles. The van der Waals surface area contributed by atoms with Crippen LogP contribution in [0.5, 0.6) is 0 Å². The smallest absolute Gasteiger partial charge is 0.0484 e. The quantitative estimate of drug-likeness (QED) is 0.706. The predicted molar refractivity (Wildman–Crippen MR) is 78.1 cm³/mol. The molecule has 0 spiro atoms. The highest BCUT2D eigenvalue weighted by atomic mass is 16.5. The van der Waals surface area contributed by atoms with E-state index >= 15 is 0 Å². The molecule has 1 unspecified atom stereocenters. The number of hydrogen-bond acceptors (Lipinski definition) is 2. The highest BCUT2D eigenvalue weighted by Crippen LogP contribution is 2.20. The molecule has 1 aromatic carbocycles. The SMILES string of the molecule is CCNC(CCOCC)c1ccc(C(C)C)cc1. The fourth-order valence-corrected chi connectivity index (χ4v) is 2.09. The van der Waals surface area contributed by atoms with Crippen molar-refractivity contribution in [3.05, 3.63) is 35.4 Å². The lowest BCUT2D eigenvalue weighted by Gasteiger charge is -2.19. The van der Waals surface area contributed by atoms with Gasteiger partial charge in [-0.2, -0.15) is 0 Å². The van der Waals surface area contributed by atoms with E-state index in [2.05, 4.69) is 50.4 Å². The molecular weight excluding hydrogens is 222 g/mol. The van der Waals surface area contributed by atoms with Gasteiger partial charge in [0, 0.05) is 19.3 Å². The molecule has 0 amide bonds. The van der Waals surface area contributed by atoms with Crippen LogP contribution >= 0.6 is 0 Å². The molecular formula is C16H27NO. The summed E-state index contributed by atoms with van der Waals surface area (Å²) in [6.07, 6.45) is 1.03. The van der Waals surface area contributed by atoms with Gasteiger partial charge in [0.1, 0.15) is 0 Å². The summed E-state index contributed by atoms with van der Waals surface area (Å²) in [7, 11) is 0. The van der Waals surface area contributed by atoms with Gasteiger partial charge in [0.25, 0.3) is 0 Å². The minimum absolute atomic E-state index is 0.405. The van der Waals surface area contributed by atoms with E-state index in [1.165, 1.54) is 11.1 Å². The maximum absolute atomic E-state index is 5.45. The Kier molecular flexibility index (Phi) is 6.99. The summed E-state index contributed by atoms with van der Waals surface area (Å²) >= 11 is 0. The van der Waals surface area contributed by atoms with Crippen LogP contribution in [0.15, 0.2) is 24.3 Å². The van der Waals surface area contributed by atoms with Crippen molar-refractivity contribution in [2.24, 2.45) is 0 Å². The average Bonchev–Trinajstić information content (AvgIpc) is 2.38. The molecule has 2 nitrogen and oxygen atoms in total. The first-order valence-corrected chi connectivity index (χ1v) is 7.10. The molecule has 0 saturated carbocycles. The zero-order valence-electron chi connectivity index (χ0n) is 12.2. The van der Waals surface area contributed by atoms with Crippen molar-refractivity contribution in [3.8, 4) is 0 Å². The minimum atomic E-state index is 0.405. The van der Waals surface area contributed by atoms with Gasteiger partial charge in [0.05, 0.1) is 0 Å². The number of benzene rings is 1. The first-order valence-electron chi connectivity index (χ1n) is 7.10. The Morgan fingerprint density at radius 1 is 1.06 bits per heavy atom. The van der Waals surface area contributed by atoms with E-state index in [0.29, 0.717) is 12.0 Å². The van der Waals surface area contributed by atoms with Crippen LogP contribution in [0.3, 0.4) is 0 Å². The van der Waals surface area contributed by atoms with Crippen LogP contribution in [-0.2, 0) is 4.74 Å². The zero-order chi connectivity index (χ0) is 13.4. The van der Waals surface area contributed by atoms with Crippen molar-refractivity contribution in [2.45, 2.75) is 46.1 Å². The molecule has 1 atom stereocenters. The monoisotopic (exact) mass is 249 g/mol. The summed E-state index contributed by atoms with van der Waals surface area (Å²) in [6.45, 7) is 11.3. The summed E-state index contributed by atoms with van der Waals surface area (Å²) in [5.41, 5.74) is 2.76. The van der Waals surface area contributed by atoms with Crippen LogP contribution in [0.4, 0.5) is 0 Å². The molecule has 0 bridgehead atoms. The lowest BCUT2D eigenvalue weighted by atomic mass is 9.98. The normalized spacial score (nSPS) is 12.9. The fourth-order valence-electron chi connectivity index (χ4n) is 2.09. The highest BCUT2D eigenvalue weighted by Gasteiger charge is 2.10. The third-order valence-electron chi connectivity index (χ3n) is 3.21. The van der Waals surface area contributed by atoms with Gasteiger partial charge in [-0.05, 0) is 36.9 Å². The average molecular weight is 249 g/mol. The fraction of sp³-hybridized carbons (Fsp3) is 0.625. The Morgan fingerprint density at radius 2 is 1.67 bits per heavy atom. The van der Waals surface area contributed by atoms with Gasteiger partial charge in [-0.15, -0.1) is 0 Å². The molecule has 0 aromatic heterocycles. The molecule has 18 heavy (non-hydrogen) atoms. The third kappa shape index (κ3) is 4.79. The van der Waals surface area contributed by atoms with Gasteiger partial charge in [0.2, 0.25) is 0 Å². The van der Waals surface area contributed by atoms with E-state index < -0.39 is 0 Å². The van der Waals surface area contributed by atoms with E-state index in [1.807, 2.05) is 6.92 Å². The second-order valence-electron chi connectivity index (χ2n) is 4.92. The number of rotatable bonds is 8. The molecule has 102 valence electrons. The lowest BCUT2D eigenvalue weighted by Crippen LogP contribution is -2.22. The number of nitrogens with one attached hydrogen (secondary N) is 1. The second-order valence-corrected chi connectivity index (χ2v) is 4.92. The standard InChI is InChI=1S/C16H27NO/c1-5-17-16(11-12-18-6-2)15-9-7-14(8-10-15)13(3)4/h7-10,13,16-17H,5-6,11-12H2,1-4H3. The molecule has 0 aliphatic rings. The van der Waals surface area contributed by atoms with Gasteiger partial charge in [-0.1, -0.05) is 45.0 Å². The highest BCUT2D eigenvalue weighted by molar-refractivity contribution is 5.26. The van der Waals surface area contributed by atoms with Gasteiger partial charge in [0.15, 0.2) is 0 Å². The summed E-state index contributed by atoms with van der Waals surface area (Å²) < 4.78 is 5.45. The zero-order valence-corrected chi connectivity index (χ0v) is 12.2. The van der Waals surface area contributed by atoms with Crippen LogP contribution in [0.2, 0.25) is 0 Å².